The van der Waals surface area contributed by atoms with E-state index >= 15 is 0 Å². The van der Waals surface area contributed by atoms with Gasteiger partial charge >= 0.3 is 6.09 Å². The van der Waals surface area contributed by atoms with Gasteiger partial charge in [0.15, 0.2) is 6.61 Å². The SMILES string of the molecule is Cc1ccc(CNC(=O)COC(=O)NC(C)(C)C)cc1. The van der Waals surface area contributed by atoms with Gasteiger partial charge in [-0.2, -0.15) is 0 Å². The number of hydrogen-bond donors (Lipinski definition) is 2. The number of benzene rings is 1. The van der Waals surface area contributed by atoms with Crippen LogP contribution in [0.25, 0.3) is 0 Å². The Bertz CT molecular complexity index is 461. The van der Waals surface area contributed by atoms with Crippen LogP contribution in [0.1, 0.15) is 31.9 Å². The molecule has 1 aromatic carbocycles. The van der Waals surface area contributed by atoms with Crippen molar-refractivity contribution >= 4 is 12.0 Å². The zero-order chi connectivity index (χ0) is 15.2. The van der Waals surface area contributed by atoms with Crippen molar-refractivity contribution in [2.24, 2.45) is 0 Å². The van der Waals surface area contributed by atoms with Crippen LogP contribution in [0.4, 0.5) is 4.79 Å². The van der Waals surface area contributed by atoms with Gasteiger partial charge in [0, 0.05) is 12.1 Å². The third kappa shape index (κ3) is 6.78. The van der Waals surface area contributed by atoms with E-state index in [1.807, 2.05) is 52.0 Å². The molecule has 0 aromatic heterocycles. The van der Waals surface area contributed by atoms with Gasteiger partial charge in [0.2, 0.25) is 0 Å². The molecule has 0 heterocycles. The molecule has 0 spiro atoms. The second-order valence-corrected chi connectivity index (χ2v) is 5.71. The van der Waals surface area contributed by atoms with Crippen molar-refractivity contribution in [3.05, 3.63) is 35.4 Å². The van der Waals surface area contributed by atoms with Gasteiger partial charge in [0.25, 0.3) is 5.91 Å². The fourth-order valence-electron chi connectivity index (χ4n) is 1.43. The minimum atomic E-state index is -0.594. The van der Waals surface area contributed by atoms with E-state index in [0.29, 0.717) is 6.54 Å². The summed E-state index contributed by atoms with van der Waals surface area (Å²) in [6.07, 6.45) is -0.594. The maximum absolute atomic E-state index is 11.5. The van der Waals surface area contributed by atoms with Crippen LogP contribution in [0.15, 0.2) is 24.3 Å². The standard InChI is InChI=1S/C15H22N2O3/c1-11-5-7-12(8-6-11)9-16-13(18)10-20-14(19)17-15(2,3)4/h5-8H,9-10H2,1-4H3,(H,16,18)(H,17,19). The first-order chi connectivity index (χ1) is 9.26. The number of hydrogen-bond acceptors (Lipinski definition) is 3. The van der Waals surface area contributed by atoms with Gasteiger partial charge in [-0.1, -0.05) is 29.8 Å². The molecule has 2 amide bonds. The summed E-state index contributed by atoms with van der Waals surface area (Å²) in [5.74, 6) is -0.324. The van der Waals surface area contributed by atoms with Crippen LogP contribution in [-0.4, -0.2) is 24.1 Å². The molecule has 0 saturated heterocycles. The molecule has 0 aliphatic carbocycles. The molecular formula is C15H22N2O3. The number of alkyl carbamates (subject to hydrolysis) is 1. The van der Waals surface area contributed by atoms with Crippen LogP contribution < -0.4 is 10.6 Å². The highest BCUT2D eigenvalue weighted by Crippen LogP contribution is 2.02. The molecule has 0 aliphatic rings. The Morgan fingerprint density at radius 3 is 2.30 bits per heavy atom. The number of carbonyl (C=O) groups excluding carboxylic acids is 2. The van der Waals surface area contributed by atoms with Gasteiger partial charge in [-0.3, -0.25) is 4.79 Å². The molecule has 0 aliphatic heterocycles. The first-order valence-corrected chi connectivity index (χ1v) is 6.53. The fraction of sp³-hybridized carbons (Fsp3) is 0.467. The van der Waals surface area contributed by atoms with Gasteiger partial charge < -0.3 is 15.4 Å². The number of aryl methyl sites for hydroxylation is 1. The van der Waals surface area contributed by atoms with E-state index in [1.54, 1.807) is 0 Å². The summed E-state index contributed by atoms with van der Waals surface area (Å²) >= 11 is 0. The summed E-state index contributed by atoms with van der Waals surface area (Å²) in [5, 5.41) is 5.31. The van der Waals surface area contributed by atoms with E-state index in [2.05, 4.69) is 10.6 Å². The fourth-order valence-corrected chi connectivity index (χ4v) is 1.43. The topological polar surface area (TPSA) is 67.4 Å². The summed E-state index contributed by atoms with van der Waals surface area (Å²) in [5.41, 5.74) is 1.79. The Balaban J connectivity index is 2.27. The minimum absolute atomic E-state index is 0.284. The van der Waals surface area contributed by atoms with Crippen LogP contribution in [0, 0.1) is 6.92 Å². The van der Waals surface area contributed by atoms with E-state index in [-0.39, 0.29) is 18.1 Å². The molecule has 20 heavy (non-hydrogen) atoms. The summed E-state index contributed by atoms with van der Waals surface area (Å²) in [6.45, 7) is 7.66. The third-order valence-electron chi connectivity index (χ3n) is 2.42. The Hall–Kier alpha value is -2.04. The van der Waals surface area contributed by atoms with Crippen LogP contribution in [0.2, 0.25) is 0 Å². The van der Waals surface area contributed by atoms with Gasteiger partial charge in [-0.15, -0.1) is 0 Å². The van der Waals surface area contributed by atoms with Crippen molar-refractivity contribution in [2.45, 2.75) is 39.8 Å². The molecule has 0 bridgehead atoms. The average Bonchev–Trinajstić information content (AvgIpc) is 2.33. The van der Waals surface area contributed by atoms with E-state index in [9.17, 15) is 9.59 Å². The monoisotopic (exact) mass is 278 g/mol. The second kappa shape index (κ2) is 6.93. The summed E-state index contributed by atoms with van der Waals surface area (Å²) in [7, 11) is 0. The summed E-state index contributed by atoms with van der Waals surface area (Å²) in [4.78, 5) is 22.9. The van der Waals surface area contributed by atoms with Gasteiger partial charge in [-0.25, -0.2) is 4.79 Å². The van der Waals surface area contributed by atoms with E-state index in [4.69, 9.17) is 4.74 Å². The Kier molecular flexibility index (Phi) is 5.55. The predicted octanol–water partition coefficient (Wildman–Crippen LogP) is 2.14. The van der Waals surface area contributed by atoms with E-state index in [0.717, 1.165) is 5.56 Å². The summed E-state index contributed by atoms with van der Waals surface area (Å²) in [6, 6.07) is 7.86. The number of ether oxygens (including phenoxy) is 1. The van der Waals surface area contributed by atoms with Crippen molar-refractivity contribution in [2.75, 3.05) is 6.61 Å². The van der Waals surface area contributed by atoms with E-state index in [1.165, 1.54) is 5.56 Å². The lowest BCUT2D eigenvalue weighted by Gasteiger charge is -2.19. The first kappa shape index (κ1) is 16.0. The van der Waals surface area contributed by atoms with Crippen molar-refractivity contribution in [3.63, 3.8) is 0 Å². The maximum atomic E-state index is 11.5. The highest BCUT2D eigenvalue weighted by molar-refractivity contribution is 5.80. The smallest absolute Gasteiger partial charge is 0.408 e. The quantitative estimate of drug-likeness (QED) is 0.886. The molecule has 0 saturated carbocycles. The van der Waals surface area contributed by atoms with Gasteiger partial charge in [0.05, 0.1) is 0 Å². The Morgan fingerprint density at radius 1 is 1.15 bits per heavy atom. The van der Waals surface area contributed by atoms with Crippen molar-refractivity contribution in [1.82, 2.24) is 10.6 Å². The highest BCUT2D eigenvalue weighted by atomic mass is 16.6. The molecule has 5 heteroatoms. The van der Waals surface area contributed by atoms with Crippen LogP contribution in [0.3, 0.4) is 0 Å². The Labute approximate surface area is 119 Å². The first-order valence-electron chi connectivity index (χ1n) is 6.53. The van der Waals surface area contributed by atoms with Gasteiger partial charge in [0.1, 0.15) is 0 Å². The molecule has 1 rings (SSSR count). The van der Waals surface area contributed by atoms with Crippen molar-refractivity contribution in [1.29, 1.82) is 0 Å². The van der Waals surface area contributed by atoms with Crippen LogP contribution in [0.5, 0.6) is 0 Å². The van der Waals surface area contributed by atoms with Crippen LogP contribution >= 0.6 is 0 Å². The van der Waals surface area contributed by atoms with Crippen LogP contribution in [-0.2, 0) is 16.1 Å². The number of amides is 2. The molecule has 2 N–H and O–H groups in total. The lowest BCUT2D eigenvalue weighted by Crippen LogP contribution is -2.42. The second-order valence-electron chi connectivity index (χ2n) is 5.71. The molecule has 0 fully saturated rings. The molecule has 0 unspecified atom stereocenters. The number of rotatable bonds is 4. The number of nitrogens with one attached hydrogen (secondary N) is 2. The number of carbonyl (C=O) groups is 2. The molecular weight excluding hydrogens is 256 g/mol. The zero-order valence-corrected chi connectivity index (χ0v) is 12.4. The summed E-state index contributed by atoms with van der Waals surface area (Å²) < 4.78 is 4.83. The minimum Gasteiger partial charge on any atom is -0.439 e. The zero-order valence-electron chi connectivity index (χ0n) is 12.4. The lowest BCUT2D eigenvalue weighted by atomic mass is 10.1. The maximum Gasteiger partial charge on any atom is 0.408 e. The molecule has 0 atom stereocenters. The molecule has 110 valence electrons. The van der Waals surface area contributed by atoms with E-state index < -0.39 is 6.09 Å². The van der Waals surface area contributed by atoms with Crippen molar-refractivity contribution in [3.8, 4) is 0 Å². The highest BCUT2D eigenvalue weighted by Gasteiger charge is 2.15. The van der Waals surface area contributed by atoms with Crippen molar-refractivity contribution < 1.29 is 14.3 Å². The third-order valence-corrected chi connectivity index (χ3v) is 2.42. The Morgan fingerprint density at radius 2 is 1.75 bits per heavy atom. The normalized spacial score (nSPS) is 10.8. The average molecular weight is 278 g/mol. The molecule has 0 radical (unpaired) electrons. The largest absolute Gasteiger partial charge is 0.439 e. The van der Waals surface area contributed by atoms with Gasteiger partial charge in [-0.05, 0) is 33.3 Å². The molecule has 1 aromatic rings. The predicted molar refractivity (Wildman–Crippen MR) is 77.3 cm³/mol. The molecule has 5 nitrogen and oxygen atoms in total. The lowest BCUT2D eigenvalue weighted by molar-refractivity contribution is -0.124.